The molecule has 3 aliphatic rings. The molecular weight excluding hydrogens is 214 g/mol. The molecule has 0 N–H and O–H groups in total. The minimum atomic E-state index is -0.410. The van der Waals surface area contributed by atoms with Crippen molar-refractivity contribution in [1.82, 2.24) is 5.41 Å². The predicted molar refractivity (Wildman–Crippen MR) is 64.5 cm³/mol. The predicted octanol–water partition coefficient (Wildman–Crippen LogP) is 1.97. The molecule has 2 aliphatic carbocycles. The van der Waals surface area contributed by atoms with Crippen LogP contribution in [0.15, 0.2) is 5.57 Å². The van der Waals surface area contributed by atoms with Crippen molar-refractivity contribution in [2.24, 2.45) is 17.3 Å². The number of rotatable bonds is 0. The molecule has 0 aromatic rings. The molecule has 3 heteroatoms. The van der Waals surface area contributed by atoms with Gasteiger partial charge in [-0.25, -0.2) is 0 Å². The molecule has 3 rings (SSSR count). The van der Waals surface area contributed by atoms with Gasteiger partial charge in [0.1, 0.15) is 0 Å². The zero-order valence-corrected chi connectivity index (χ0v) is 10.7. The highest BCUT2D eigenvalue weighted by Crippen LogP contribution is 2.55. The van der Waals surface area contributed by atoms with E-state index in [1.165, 1.54) is 12.8 Å². The number of fused-ring (bicyclic) bond motifs is 1. The van der Waals surface area contributed by atoms with Crippen LogP contribution in [0.3, 0.4) is 0 Å². The number of hydrogen-bond acceptors (Lipinski definition) is 2. The average molecular weight is 234 g/mol. The lowest BCUT2D eigenvalue weighted by Gasteiger charge is -2.42. The van der Waals surface area contributed by atoms with Crippen molar-refractivity contribution in [1.29, 1.82) is 0 Å². The van der Waals surface area contributed by atoms with E-state index in [0.29, 0.717) is 11.8 Å². The molecule has 2 saturated carbocycles. The van der Waals surface area contributed by atoms with Gasteiger partial charge in [0.25, 0.3) is 0 Å². The highest BCUT2D eigenvalue weighted by molar-refractivity contribution is 5.56. The summed E-state index contributed by atoms with van der Waals surface area (Å²) in [5.74, 6) is 3.35. The standard InChI is InChI=1S/C14H20NO2/c1-13(2)16-8-14(9-17-13)5-11-3-10(7-15)4-12(11)6-14/h11-12H,3-6,8-9H2,1-2H3/t11-,12-/m0/s1. The molecule has 17 heavy (non-hydrogen) atoms. The summed E-state index contributed by atoms with van der Waals surface area (Å²) in [6.07, 6.45) is 4.40. The quantitative estimate of drug-likeness (QED) is 0.601. The Bertz CT molecular complexity index is 354. The van der Waals surface area contributed by atoms with Gasteiger partial charge in [-0.15, -0.1) is 0 Å². The van der Waals surface area contributed by atoms with E-state index in [9.17, 15) is 0 Å². The third-order valence-corrected chi connectivity index (χ3v) is 4.68. The van der Waals surface area contributed by atoms with Gasteiger partial charge in [-0.2, -0.15) is 0 Å². The molecule has 0 amide bonds. The normalized spacial score (nSPS) is 38.1. The van der Waals surface area contributed by atoms with Crippen molar-refractivity contribution in [2.45, 2.75) is 45.3 Å². The van der Waals surface area contributed by atoms with Crippen LogP contribution < -0.4 is 5.41 Å². The van der Waals surface area contributed by atoms with Gasteiger partial charge in [0.05, 0.1) is 13.2 Å². The van der Waals surface area contributed by atoms with Crippen LogP contribution in [-0.2, 0) is 9.47 Å². The van der Waals surface area contributed by atoms with Gasteiger partial charge < -0.3 is 9.47 Å². The molecule has 1 saturated heterocycles. The Labute approximate surface area is 103 Å². The Hall–Kier alpha value is -0.630. The minimum Gasteiger partial charge on any atom is -0.350 e. The van der Waals surface area contributed by atoms with Crippen LogP contribution in [0.5, 0.6) is 0 Å². The highest BCUT2D eigenvalue weighted by Gasteiger charge is 2.51. The maximum Gasteiger partial charge on any atom is 0.162 e. The van der Waals surface area contributed by atoms with Crippen LogP contribution in [0.25, 0.3) is 0 Å². The molecule has 1 aliphatic heterocycles. The first-order valence-electron chi connectivity index (χ1n) is 6.55. The van der Waals surface area contributed by atoms with Crippen LogP contribution in [0, 0.1) is 17.3 Å². The minimum absolute atomic E-state index is 0.242. The van der Waals surface area contributed by atoms with Crippen LogP contribution in [0.1, 0.15) is 39.5 Å². The summed E-state index contributed by atoms with van der Waals surface area (Å²) in [5.41, 5.74) is 1.35. The van der Waals surface area contributed by atoms with Crippen molar-refractivity contribution >= 4 is 5.87 Å². The van der Waals surface area contributed by atoms with Gasteiger partial charge in [0, 0.05) is 11.3 Å². The summed E-state index contributed by atoms with van der Waals surface area (Å²) < 4.78 is 11.7. The smallest absolute Gasteiger partial charge is 0.162 e. The number of hydrogen-bond donors (Lipinski definition) is 0. The molecule has 93 valence electrons. The lowest BCUT2D eigenvalue weighted by Crippen LogP contribution is -2.45. The van der Waals surface area contributed by atoms with E-state index < -0.39 is 5.79 Å². The van der Waals surface area contributed by atoms with Crippen LogP contribution in [0.4, 0.5) is 0 Å². The fourth-order valence-corrected chi connectivity index (χ4v) is 3.79. The van der Waals surface area contributed by atoms with E-state index in [1.807, 2.05) is 13.8 Å². The Morgan fingerprint density at radius 3 is 2.12 bits per heavy atom. The fourth-order valence-electron chi connectivity index (χ4n) is 3.79. The van der Waals surface area contributed by atoms with Crippen molar-refractivity contribution in [3.05, 3.63) is 5.57 Å². The molecule has 0 bridgehead atoms. The van der Waals surface area contributed by atoms with Crippen molar-refractivity contribution in [3.63, 3.8) is 0 Å². The van der Waals surface area contributed by atoms with Crippen molar-refractivity contribution < 1.29 is 9.47 Å². The third-order valence-electron chi connectivity index (χ3n) is 4.68. The SMILES string of the molecule is CC1(C)OCC2(CO1)C[C@@H]1CC(=C=[N])C[C@H]1C2. The summed E-state index contributed by atoms with van der Waals surface area (Å²) in [7, 11) is 0. The molecule has 0 unspecified atom stereocenters. The fraction of sp³-hybridized carbons (Fsp3) is 0.857. The van der Waals surface area contributed by atoms with E-state index in [0.717, 1.165) is 31.6 Å². The molecule has 1 radical (unpaired) electrons. The van der Waals surface area contributed by atoms with E-state index in [2.05, 4.69) is 5.87 Å². The monoisotopic (exact) mass is 234 g/mol. The average Bonchev–Trinajstić information content (AvgIpc) is 2.78. The molecule has 2 atom stereocenters. The number of ether oxygens (including phenoxy) is 2. The maximum absolute atomic E-state index is 8.96. The lowest BCUT2D eigenvalue weighted by molar-refractivity contribution is -0.285. The number of nitrogens with zero attached hydrogens (tertiary/aromatic N) is 1. The molecule has 0 aromatic carbocycles. The van der Waals surface area contributed by atoms with Crippen molar-refractivity contribution in [2.75, 3.05) is 13.2 Å². The number of allylic oxidation sites excluding steroid dienone is 1. The first-order valence-corrected chi connectivity index (χ1v) is 6.55. The Balaban J connectivity index is 1.68. The second-order valence-electron chi connectivity index (χ2n) is 6.53. The van der Waals surface area contributed by atoms with Gasteiger partial charge in [-0.3, -0.25) is 0 Å². The molecule has 3 fully saturated rings. The van der Waals surface area contributed by atoms with Gasteiger partial charge in [-0.1, -0.05) is 5.41 Å². The Kier molecular flexibility index (Phi) is 2.48. The largest absolute Gasteiger partial charge is 0.350 e. The zero-order chi connectivity index (χ0) is 12.1. The summed E-state index contributed by atoms with van der Waals surface area (Å²) in [6, 6.07) is 0. The van der Waals surface area contributed by atoms with Gasteiger partial charge in [-0.05, 0) is 56.9 Å². The van der Waals surface area contributed by atoms with E-state index in [-0.39, 0.29) is 5.41 Å². The first-order chi connectivity index (χ1) is 8.02. The zero-order valence-electron chi connectivity index (χ0n) is 10.7. The van der Waals surface area contributed by atoms with E-state index in [4.69, 9.17) is 14.9 Å². The summed E-state index contributed by atoms with van der Waals surface area (Å²) in [6.45, 7) is 5.62. The maximum atomic E-state index is 8.96. The van der Waals surface area contributed by atoms with E-state index in [1.54, 1.807) is 0 Å². The van der Waals surface area contributed by atoms with Crippen LogP contribution in [-0.4, -0.2) is 24.9 Å². The highest BCUT2D eigenvalue weighted by atomic mass is 16.7. The molecular formula is C14H20NO2. The molecule has 1 heterocycles. The Morgan fingerprint density at radius 1 is 1.12 bits per heavy atom. The lowest BCUT2D eigenvalue weighted by atomic mass is 9.84. The summed E-state index contributed by atoms with van der Waals surface area (Å²) >= 11 is 0. The topological polar surface area (TPSA) is 40.8 Å². The summed E-state index contributed by atoms with van der Waals surface area (Å²) in [4.78, 5) is 0. The molecule has 0 aromatic heterocycles. The van der Waals surface area contributed by atoms with Gasteiger partial charge in [0.15, 0.2) is 5.79 Å². The van der Waals surface area contributed by atoms with Gasteiger partial charge in [0.2, 0.25) is 0 Å². The third kappa shape index (κ3) is 1.97. The second kappa shape index (κ2) is 3.68. The second-order valence-corrected chi connectivity index (χ2v) is 6.53. The molecule has 3 nitrogen and oxygen atoms in total. The van der Waals surface area contributed by atoms with Crippen molar-refractivity contribution in [3.8, 4) is 0 Å². The van der Waals surface area contributed by atoms with Crippen LogP contribution >= 0.6 is 0 Å². The first kappa shape index (κ1) is 11.5. The van der Waals surface area contributed by atoms with E-state index >= 15 is 0 Å². The van der Waals surface area contributed by atoms with Crippen LogP contribution in [0.2, 0.25) is 0 Å². The molecule has 1 spiro atoms. The Morgan fingerprint density at radius 2 is 1.65 bits per heavy atom. The summed E-state index contributed by atoms with van der Waals surface area (Å²) in [5, 5.41) is 8.96. The van der Waals surface area contributed by atoms with Gasteiger partial charge >= 0.3 is 0 Å².